The van der Waals surface area contributed by atoms with Crippen molar-refractivity contribution in [3.63, 3.8) is 0 Å². The van der Waals surface area contributed by atoms with E-state index in [1.807, 2.05) is 36.5 Å². The van der Waals surface area contributed by atoms with Crippen LogP contribution >= 0.6 is 11.8 Å². The zero-order valence-electron chi connectivity index (χ0n) is 14.6. The average molecular weight is 395 g/mol. The average Bonchev–Trinajstić information content (AvgIpc) is 3.13. The Labute approximate surface area is 164 Å². The van der Waals surface area contributed by atoms with Crippen molar-refractivity contribution < 1.29 is 19.5 Å². The molecule has 2 amide bonds. The molecule has 0 atom stereocenters. The maximum absolute atomic E-state index is 12.2. The standard InChI is InChI=1S/C20H17N3O4S/c24-18(6-7-20(26)27)22-14-2-1-3-16(10-14)28-12-19(25)23-15-5-4-13-8-9-21-17(13)11-15/h1-11,21H,12H2,(H,22,24)(H,23,25)(H,26,27)/b7-6+. The van der Waals surface area contributed by atoms with Gasteiger partial charge in [-0.05, 0) is 41.8 Å². The highest BCUT2D eigenvalue weighted by Crippen LogP contribution is 2.23. The van der Waals surface area contributed by atoms with Gasteiger partial charge in [-0.2, -0.15) is 0 Å². The lowest BCUT2D eigenvalue weighted by molar-refractivity contribution is -0.131. The number of hydrogen-bond donors (Lipinski definition) is 4. The number of carbonyl (C=O) groups is 3. The molecule has 2 aromatic carbocycles. The fourth-order valence-electron chi connectivity index (χ4n) is 2.47. The minimum atomic E-state index is -1.19. The molecule has 0 aliphatic carbocycles. The predicted molar refractivity (Wildman–Crippen MR) is 109 cm³/mol. The number of fused-ring (bicyclic) bond motifs is 1. The van der Waals surface area contributed by atoms with Crippen molar-refractivity contribution in [2.24, 2.45) is 0 Å². The first kappa shape index (κ1) is 19.2. The Morgan fingerprint density at radius 2 is 1.82 bits per heavy atom. The van der Waals surface area contributed by atoms with Crippen LogP contribution in [0.1, 0.15) is 0 Å². The lowest BCUT2D eigenvalue weighted by Crippen LogP contribution is -2.14. The number of H-pyrrole nitrogens is 1. The molecule has 8 heteroatoms. The highest BCUT2D eigenvalue weighted by atomic mass is 32.2. The van der Waals surface area contributed by atoms with Gasteiger partial charge in [0.15, 0.2) is 0 Å². The maximum atomic E-state index is 12.2. The summed E-state index contributed by atoms with van der Waals surface area (Å²) in [6, 6.07) is 14.6. The highest BCUT2D eigenvalue weighted by Gasteiger charge is 2.06. The van der Waals surface area contributed by atoms with Gasteiger partial charge in [0.1, 0.15) is 0 Å². The van der Waals surface area contributed by atoms with E-state index in [1.54, 1.807) is 18.2 Å². The Hall–Kier alpha value is -3.52. The summed E-state index contributed by atoms with van der Waals surface area (Å²) in [5.41, 5.74) is 2.18. The van der Waals surface area contributed by atoms with Crippen molar-refractivity contribution in [1.82, 2.24) is 4.98 Å². The monoisotopic (exact) mass is 395 g/mol. The van der Waals surface area contributed by atoms with Crippen LogP contribution < -0.4 is 10.6 Å². The van der Waals surface area contributed by atoms with E-state index in [9.17, 15) is 14.4 Å². The van der Waals surface area contributed by atoms with E-state index in [-0.39, 0.29) is 11.7 Å². The number of carbonyl (C=O) groups excluding carboxylic acids is 2. The first-order chi connectivity index (χ1) is 13.5. The van der Waals surface area contributed by atoms with Gasteiger partial charge in [-0.3, -0.25) is 9.59 Å². The predicted octanol–water partition coefficient (Wildman–Crippen LogP) is 3.48. The largest absolute Gasteiger partial charge is 0.478 e. The van der Waals surface area contributed by atoms with Crippen LogP contribution in [0.2, 0.25) is 0 Å². The fourth-order valence-corrected chi connectivity index (χ4v) is 3.22. The summed E-state index contributed by atoms with van der Waals surface area (Å²) in [6.45, 7) is 0. The molecule has 4 N–H and O–H groups in total. The molecular weight excluding hydrogens is 378 g/mol. The number of rotatable bonds is 7. The van der Waals surface area contributed by atoms with Gasteiger partial charge in [0.25, 0.3) is 0 Å². The molecule has 3 rings (SSSR count). The Balaban J connectivity index is 1.54. The Morgan fingerprint density at radius 1 is 1.00 bits per heavy atom. The molecule has 0 aliphatic rings. The number of amides is 2. The molecule has 1 heterocycles. The lowest BCUT2D eigenvalue weighted by Gasteiger charge is -2.07. The second-order valence-electron chi connectivity index (χ2n) is 5.81. The van der Waals surface area contributed by atoms with Crippen LogP contribution in [-0.4, -0.2) is 33.6 Å². The Kier molecular flexibility index (Phi) is 6.13. The molecular formula is C20H17N3O4S. The lowest BCUT2D eigenvalue weighted by atomic mass is 10.2. The topological polar surface area (TPSA) is 111 Å². The van der Waals surface area contributed by atoms with Gasteiger partial charge in [-0.1, -0.05) is 12.1 Å². The number of anilines is 2. The van der Waals surface area contributed by atoms with Gasteiger partial charge < -0.3 is 20.7 Å². The SMILES string of the molecule is O=C(O)/C=C/C(=O)Nc1cccc(SCC(=O)Nc2ccc3cc[nH]c3c2)c1. The van der Waals surface area contributed by atoms with Crippen molar-refractivity contribution in [2.45, 2.75) is 4.90 Å². The quantitative estimate of drug-likeness (QED) is 0.362. The summed E-state index contributed by atoms with van der Waals surface area (Å²) >= 11 is 1.33. The van der Waals surface area contributed by atoms with Crippen LogP contribution in [0.25, 0.3) is 10.9 Å². The maximum Gasteiger partial charge on any atom is 0.328 e. The zero-order chi connectivity index (χ0) is 19.9. The molecule has 0 unspecified atom stereocenters. The van der Waals surface area contributed by atoms with Crippen LogP contribution in [0.5, 0.6) is 0 Å². The molecule has 0 fully saturated rings. The number of nitrogens with one attached hydrogen (secondary N) is 3. The summed E-state index contributed by atoms with van der Waals surface area (Å²) in [6.07, 6.45) is 3.55. The van der Waals surface area contributed by atoms with Crippen molar-refractivity contribution >= 4 is 51.8 Å². The number of aliphatic carboxylic acids is 1. The minimum absolute atomic E-state index is 0.144. The number of thioether (sulfide) groups is 1. The molecule has 1 aromatic heterocycles. The van der Waals surface area contributed by atoms with E-state index in [2.05, 4.69) is 15.6 Å². The summed E-state index contributed by atoms with van der Waals surface area (Å²) in [5.74, 6) is -1.67. The number of carboxylic acids is 1. The van der Waals surface area contributed by atoms with Crippen LogP contribution in [-0.2, 0) is 14.4 Å². The first-order valence-corrected chi connectivity index (χ1v) is 9.30. The second-order valence-corrected chi connectivity index (χ2v) is 6.85. The molecule has 3 aromatic rings. The van der Waals surface area contributed by atoms with E-state index >= 15 is 0 Å². The van der Waals surface area contributed by atoms with Crippen molar-refractivity contribution in [3.05, 3.63) is 66.9 Å². The second kappa shape index (κ2) is 8.92. The van der Waals surface area contributed by atoms with Crippen molar-refractivity contribution in [1.29, 1.82) is 0 Å². The van der Waals surface area contributed by atoms with E-state index in [1.165, 1.54) is 11.8 Å². The van der Waals surface area contributed by atoms with Crippen molar-refractivity contribution in [2.75, 3.05) is 16.4 Å². The highest BCUT2D eigenvalue weighted by molar-refractivity contribution is 8.00. The van der Waals surface area contributed by atoms with E-state index < -0.39 is 11.9 Å². The summed E-state index contributed by atoms with van der Waals surface area (Å²) < 4.78 is 0. The number of carboxylic acid groups (broad SMARTS) is 1. The summed E-state index contributed by atoms with van der Waals surface area (Å²) in [4.78, 5) is 38.2. The van der Waals surface area contributed by atoms with E-state index in [4.69, 9.17) is 5.11 Å². The van der Waals surface area contributed by atoms with Crippen LogP contribution in [0.3, 0.4) is 0 Å². The van der Waals surface area contributed by atoms with Crippen LogP contribution in [0.4, 0.5) is 11.4 Å². The minimum Gasteiger partial charge on any atom is -0.478 e. The smallest absolute Gasteiger partial charge is 0.328 e. The molecule has 7 nitrogen and oxygen atoms in total. The zero-order valence-corrected chi connectivity index (χ0v) is 15.5. The number of benzene rings is 2. The molecule has 0 spiro atoms. The molecule has 0 radical (unpaired) electrons. The van der Waals surface area contributed by atoms with Gasteiger partial charge in [0.2, 0.25) is 11.8 Å². The Bertz CT molecular complexity index is 1060. The molecule has 0 saturated heterocycles. The van der Waals surface area contributed by atoms with E-state index in [0.29, 0.717) is 11.4 Å². The molecule has 0 saturated carbocycles. The molecule has 0 bridgehead atoms. The van der Waals surface area contributed by atoms with Gasteiger partial charge in [0.05, 0.1) is 5.75 Å². The fraction of sp³-hybridized carbons (Fsp3) is 0.0500. The number of hydrogen-bond acceptors (Lipinski definition) is 4. The third-order valence-corrected chi connectivity index (χ3v) is 4.68. The summed E-state index contributed by atoms with van der Waals surface area (Å²) in [5, 5.41) is 15.0. The number of aromatic amines is 1. The van der Waals surface area contributed by atoms with Gasteiger partial charge >= 0.3 is 5.97 Å². The molecule has 0 aliphatic heterocycles. The summed E-state index contributed by atoms with van der Waals surface area (Å²) in [7, 11) is 0. The molecule has 142 valence electrons. The molecule has 28 heavy (non-hydrogen) atoms. The van der Waals surface area contributed by atoms with Gasteiger partial charge in [0, 0.05) is 40.1 Å². The van der Waals surface area contributed by atoms with Crippen molar-refractivity contribution in [3.8, 4) is 0 Å². The Morgan fingerprint density at radius 3 is 2.64 bits per heavy atom. The third-order valence-electron chi connectivity index (χ3n) is 3.69. The normalized spacial score (nSPS) is 10.9. The van der Waals surface area contributed by atoms with Crippen LogP contribution in [0.15, 0.2) is 71.8 Å². The van der Waals surface area contributed by atoms with Gasteiger partial charge in [-0.15, -0.1) is 11.8 Å². The number of aromatic nitrogens is 1. The van der Waals surface area contributed by atoms with Crippen LogP contribution in [0, 0.1) is 0 Å². The van der Waals surface area contributed by atoms with E-state index in [0.717, 1.165) is 28.0 Å². The first-order valence-electron chi connectivity index (χ1n) is 8.31. The third kappa shape index (κ3) is 5.49. The van der Waals surface area contributed by atoms with Gasteiger partial charge in [-0.25, -0.2) is 4.79 Å².